The Bertz CT molecular complexity index is 1080. The predicted octanol–water partition coefficient (Wildman–Crippen LogP) is 3.38. The molecule has 1 aliphatic rings. The number of hydrogen-bond donors (Lipinski definition) is 0. The van der Waals surface area contributed by atoms with Crippen molar-refractivity contribution in [1.29, 1.82) is 0 Å². The number of non-ortho nitro benzene ring substituents is 1. The third-order valence-electron chi connectivity index (χ3n) is 4.30. The van der Waals surface area contributed by atoms with Gasteiger partial charge in [0.2, 0.25) is 0 Å². The first-order chi connectivity index (χ1) is 13.5. The molecule has 0 radical (unpaired) electrons. The topological polar surface area (TPSA) is 103 Å². The molecular formula is C20H13N3O5. The second-order valence-electron chi connectivity index (χ2n) is 6.04. The van der Waals surface area contributed by atoms with Gasteiger partial charge in [0.25, 0.3) is 17.5 Å². The molecule has 2 amide bonds. The van der Waals surface area contributed by atoms with Gasteiger partial charge in [-0.25, -0.2) is 4.98 Å². The molecule has 8 heteroatoms. The van der Waals surface area contributed by atoms with E-state index in [0.717, 1.165) is 5.56 Å². The highest BCUT2D eigenvalue weighted by Gasteiger charge is 2.32. The van der Waals surface area contributed by atoms with Gasteiger partial charge < -0.3 is 0 Å². The van der Waals surface area contributed by atoms with Gasteiger partial charge in [-0.3, -0.25) is 24.5 Å². The van der Waals surface area contributed by atoms with Crippen LogP contribution in [-0.2, 0) is 11.4 Å². The number of carbonyl (C=O) groups is 2. The number of amides is 2. The number of hydrogen-bond acceptors (Lipinski definition) is 6. The lowest BCUT2D eigenvalue weighted by Crippen LogP contribution is -2.40. The Morgan fingerprint density at radius 2 is 1.75 bits per heavy atom. The van der Waals surface area contributed by atoms with Crippen molar-refractivity contribution < 1.29 is 19.3 Å². The number of fused-ring (bicyclic) bond motifs is 1. The fourth-order valence-electron chi connectivity index (χ4n) is 2.86. The highest BCUT2D eigenvalue weighted by molar-refractivity contribution is 6.10. The Morgan fingerprint density at radius 1 is 1.04 bits per heavy atom. The zero-order valence-electron chi connectivity index (χ0n) is 14.4. The maximum atomic E-state index is 12.7. The predicted molar refractivity (Wildman–Crippen MR) is 98.1 cm³/mol. The third kappa shape index (κ3) is 3.12. The Hall–Kier alpha value is -3.91. The van der Waals surface area contributed by atoms with Gasteiger partial charge in [-0.1, -0.05) is 30.3 Å². The van der Waals surface area contributed by atoms with Crippen LogP contribution in [0.5, 0.6) is 0 Å². The number of nitro benzene ring substituents is 1. The highest BCUT2D eigenvalue weighted by Crippen LogP contribution is 2.25. The summed E-state index contributed by atoms with van der Waals surface area (Å²) in [6.45, 7) is -0.0412. The molecule has 0 saturated heterocycles. The van der Waals surface area contributed by atoms with Crippen molar-refractivity contribution in [2.45, 2.75) is 6.61 Å². The molecule has 0 atom stereocenters. The van der Waals surface area contributed by atoms with E-state index in [1.54, 1.807) is 12.1 Å². The summed E-state index contributed by atoms with van der Waals surface area (Å²) in [5.74, 6) is -1.32. The van der Waals surface area contributed by atoms with Gasteiger partial charge >= 0.3 is 0 Å². The number of nitro groups is 1. The first-order valence-electron chi connectivity index (χ1n) is 8.36. The van der Waals surface area contributed by atoms with E-state index in [1.807, 2.05) is 30.3 Å². The van der Waals surface area contributed by atoms with Gasteiger partial charge in [0.1, 0.15) is 6.61 Å². The molecule has 2 heterocycles. The molecule has 0 aliphatic carbocycles. The summed E-state index contributed by atoms with van der Waals surface area (Å²) in [6.07, 6.45) is 0. The molecule has 0 unspecified atom stereocenters. The van der Waals surface area contributed by atoms with Crippen molar-refractivity contribution in [3.8, 4) is 11.3 Å². The van der Waals surface area contributed by atoms with Crippen molar-refractivity contribution >= 4 is 17.5 Å². The number of pyridine rings is 1. The van der Waals surface area contributed by atoms with Gasteiger partial charge in [-0.2, -0.15) is 0 Å². The van der Waals surface area contributed by atoms with Crippen molar-refractivity contribution in [2.75, 3.05) is 0 Å². The van der Waals surface area contributed by atoms with E-state index in [1.165, 1.54) is 24.3 Å². The summed E-state index contributed by atoms with van der Waals surface area (Å²) in [7, 11) is 0. The molecule has 138 valence electrons. The van der Waals surface area contributed by atoms with Gasteiger partial charge in [0.05, 0.1) is 21.9 Å². The van der Waals surface area contributed by atoms with Crippen LogP contribution in [0, 0.1) is 10.1 Å². The first-order valence-corrected chi connectivity index (χ1v) is 8.36. The largest absolute Gasteiger partial charge is 0.287 e. The molecule has 1 aromatic heterocycles. The second kappa shape index (κ2) is 7.01. The minimum Gasteiger partial charge on any atom is -0.266 e. The van der Waals surface area contributed by atoms with Crippen LogP contribution >= 0.6 is 0 Å². The molecule has 0 N–H and O–H groups in total. The summed E-state index contributed by atoms with van der Waals surface area (Å²) in [4.78, 5) is 45.2. The minimum absolute atomic E-state index is 0.0412. The van der Waals surface area contributed by atoms with E-state index in [-0.39, 0.29) is 23.4 Å². The van der Waals surface area contributed by atoms with E-state index in [2.05, 4.69) is 4.98 Å². The summed E-state index contributed by atoms with van der Waals surface area (Å²) in [5.41, 5.74) is 2.29. The lowest BCUT2D eigenvalue weighted by atomic mass is 10.1. The SMILES string of the molecule is O=C(c1ccc([N+](=O)[O-])cc1)N1OCc2nc(-c3ccccc3)ccc2C1=O. The first kappa shape index (κ1) is 17.5. The normalized spacial score (nSPS) is 13.1. The average Bonchev–Trinajstić information content (AvgIpc) is 2.74. The third-order valence-corrected chi connectivity index (χ3v) is 4.30. The van der Waals surface area contributed by atoms with Crippen molar-refractivity contribution in [3.05, 3.63) is 93.7 Å². The molecule has 0 bridgehead atoms. The van der Waals surface area contributed by atoms with Gasteiger partial charge in [0, 0.05) is 23.3 Å². The van der Waals surface area contributed by atoms with Gasteiger partial charge in [-0.15, -0.1) is 5.06 Å². The summed E-state index contributed by atoms with van der Waals surface area (Å²) in [5, 5.41) is 11.4. The molecule has 8 nitrogen and oxygen atoms in total. The smallest absolute Gasteiger partial charge is 0.266 e. The zero-order chi connectivity index (χ0) is 19.7. The van der Waals surface area contributed by atoms with Crippen LogP contribution in [0.1, 0.15) is 26.4 Å². The summed E-state index contributed by atoms with van der Waals surface area (Å²) < 4.78 is 0. The van der Waals surface area contributed by atoms with E-state index >= 15 is 0 Å². The lowest BCUT2D eigenvalue weighted by Gasteiger charge is -2.25. The van der Waals surface area contributed by atoms with Crippen LogP contribution in [0.25, 0.3) is 11.3 Å². The van der Waals surface area contributed by atoms with Crippen molar-refractivity contribution in [1.82, 2.24) is 10.0 Å². The number of benzene rings is 2. The number of hydroxylamine groups is 2. The van der Waals surface area contributed by atoms with Gasteiger partial charge in [0.15, 0.2) is 0 Å². The second-order valence-corrected chi connectivity index (χ2v) is 6.04. The molecule has 3 aromatic rings. The van der Waals surface area contributed by atoms with E-state index in [0.29, 0.717) is 16.5 Å². The summed E-state index contributed by atoms with van der Waals surface area (Å²) in [6, 6.07) is 17.8. The van der Waals surface area contributed by atoms with Crippen molar-refractivity contribution in [3.63, 3.8) is 0 Å². The Labute approximate surface area is 159 Å². The van der Waals surface area contributed by atoms with Gasteiger partial charge in [-0.05, 0) is 24.3 Å². The van der Waals surface area contributed by atoms with Crippen LogP contribution in [0.2, 0.25) is 0 Å². The average molecular weight is 375 g/mol. The van der Waals surface area contributed by atoms with Crippen LogP contribution in [-0.4, -0.2) is 26.8 Å². The Balaban J connectivity index is 1.59. The summed E-state index contributed by atoms with van der Waals surface area (Å²) >= 11 is 0. The molecular weight excluding hydrogens is 362 g/mol. The van der Waals surface area contributed by atoms with E-state index in [4.69, 9.17) is 4.84 Å². The molecule has 1 aliphatic heterocycles. The molecule has 2 aromatic carbocycles. The lowest BCUT2D eigenvalue weighted by molar-refractivity contribution is -0.384. The number of imide groups is 1. The molecule has 4 rings (SSSR count). The molecule has 0 spiro atoms. The Kier molecular flexibility index (Phi) is 4.38. The van der Waals surface area contributed by atoms with Crippen LogP contribution in [0.3, 0.4) is 0 Å². The highest BCUT2D eigenvalue weighted by atomic mass is 16.7. The van der Waals surface area contributed by atoms with Crippen molar-refractivity contribution in [2.24, 2.45) is 0 Å². The van der Waals surface area contributed by atoms with E-state index < -0.39 is 16.7 Å². The molecule has 0 fully saturated rings. The molecule has 28 heavy (non-hydrogen) atoms. The van der Waals surface area contributed by atoms with Crippen LogP contribution in [0.15, 0.2) is 66.7 Å². The fraction of sp³-hybridized carbons (Fsp3) is 0.0500. The van der Waals surface area contributed by atoms with Crippen LogP contribution < -0.4 is 0 Å². The number of carbonyl (C=O) groups excluding carboxylic acids is 2. The van der Waals surface area contributed by atoms with E-state index in [9.17, 15) is 19.7 Å². The monoisotopic (exact) mass is 375 g/mol. The quantitative estimate of drug-likeness (QED) is 0.395. The number of aromatic nitrogens is 1. The number of rotatable bonds is 3. The Morgan fingerprint density at radius 3 is 2.43 bits per heavy atom. The maximum absolute atomic E-state index is 12.7. The fourth-order valence-corrected chi connectivity index (χ4v) is 2.86. The standard InChI is InChI=1S/C20H13N3O5/c24-19(14-6-8-15(9-7-14)23(26)27)22-20(25)16-10-11-17(21-18(16)12-28-22)13-4-2-1-3-5-13/h1-11H,12H2. The zero-order valence-corrected chi connectivity index (χ0v) is 14.4. The minimum atomic E-state index is -0.697. The maximum Gasteiger partial charge on any atom is 0.287 e. The van der Waals surface area contributed by atoms with Crippen LogP contribution in [0.4, 0.5) is 5.69 Å². The number of nitrogens with zero attached hydrogens (tertiary/aromatic N) is 3. The molecule has 0 saturated carbocycles.